The van der Waals surface area contributed by atoms with Crippen LogP contribution in [0.15, 0.2) is 24.5 Å². The average Bonchev–Trinajstić information content (AvgIpc) is 3.15. The van der Waals surface area contributed by atoms with Gasteiger partial charge < -0.3 is 4.90 Å². The van der Waals surface area contributed by atoms with Crippen LogP contribution in [0.3, 0.4) is 0 Å². The van der Waals surface area contributed by atoms with Crippen molar-refractivity contribution in [1.82, 2.24) is 14.5 Å². The second-order valence-electron chi connectivity index (χ2n) is 6.60. The summed E-state index contributed by atoms with van der Waals surface area (Å²) in [6.45, 7) is 7.57. The second-order valence-corrected chi connectivity index (χ2v) is 6.60. The number of Topliss-reactive ketones (excluding diaryl/α,β-unsaturated/α-hetero) is 1. The highest BCUT2D eigenvalue weighted by molar-refractivity contribution is 6.03. The topological polar surface area (TPSA) is 37.6 Å². The van der Waals surface area contributed by atoms with E-state index < -0.39 is 0 Å². The smallest absolute Gasteiger partial charge is 0.169 e. The van der Waals surface area contributed by atoms with E-state index in [1.165, 1.54) is 44.5 Å². The molecule has 4 nitrogen and oxygen atoms in total. The molecule has 4 heteroatoms. The Kier molecular flexibility index (Phi) is 4.57. The molecule has 1 saturated heterocycles. The molecule has 0 saturated carbocycles. The molecule has 0 unspecified atom stereocenters. The molecule has 3 rings (SSSR count). The van der Waals surface area contributed by atoms with Gasteiger partial charge in [0.15, 0.2) is 5.78 Å². The van der Waals surface area contributed by atoms with E-state index >= 15 is 0 Å². The number of rotatable bonds is 6. The van der Waals surface area contributed by atoms with Crippen molar-refractivity contribution in [2.45, 2.75) is 39.5 Å². The molecule has 22 heavy (non-hydrogen) atoms. The van der Waals surface area contributed by atoms with Gasteiger partial charge in [-0.05, 0) is 56.9 Å². The van der Waals surface area contributed by atoms with E-state index in [2.05, 4.69) is 22.3 Å². The number of pyridine rings is 1. The molecule has 1 fully saturated rings. The lowest BCUT2D eigenvalue weighted by molar-refractivity contribution is 0.0941. The van der Waals surface area contributed by atoms with Crippen molar-refractivity contribution in [3.05, 3.63) is 35.7 Å². The predicted molar refractivity (Wildman–Crippen MR) is 88.4 cm³/mol. The van der Waals surface area contributed by atoms with Crippen LogP contribution in [-0.4, -0.2) is 39.9 Å². The van der Waals surface area contributed by atoms with Crippen LogP contribution >= 0.6 is 0 Å². The maximum atomic E-state index is 12.2. The van der Waals surface area contributed by atoms with Crippen LogP contribution in [0.5, 0.6) is 0 Å². The molecule has 0 bridgehead atoms. The maximum absolute atomic E-state index is 12.2. The largest absolute Gasteiger partial charge is 0.303 e. The zero-order valence-corrected chi connectivity index (χ0v) is 13.6. The van der Waals surface area contributed by atoms with Gasteiger partial charge in [0.05, 0.1) is 17.3 Å². The number of aryl methyl sites for hydroxylation is 1. The second kappa shape index (κ2) is 6.61. The maximum Gasteiger partial charge on any atom is 0.169 e. The summed E-state index contributed by atoms with van der Waals surface area (Å²) in [7, 11) is 0. The van der Waals surface area contributed by atoms with Gasteiger partial charge in [-0.15, -0.1) is 0 Å². The number of hydrogen-bond acceptors (Lipinski definition) is 3. The van der Waals surface area contributed by atoms with E-state index in [0.29, 0.717) is 0 Å². The van der Waals surface area contributed by atoms with E-state index in [1.807, 2.05) is 24.4 Å². The van der Waals surface area contributed by atoms with Gasteiger partial charge in [0.25, 0.3) is 0 Å². The molecule has 1 aliphatic rings. The van der Waals surface area contributed by atoms with Crippen molar-refractivity contribution < 1.29 is 4.79 Å². The Bertz CT molecular complexity index is 653. The Hall–Kier alpha value is -1.68. The quantitative estimate of drug-likeness (QED) is 0.769. The van der Waals surface area contributed by atoms with Crippen molar-refractivity contribution in [2.75, 3.05) is 19.6 Å². The Labute approximate surface area is 132 Å². The molecule has 0 aliphatic carbocycles. The van der Waals surface area contributed by atoms with Gasteiger partial charge in [-0.1, -0.05) is 19.9 Å². The van der Waals surface area contributed by atoms with Gasteiger partial charge in [-0.3, -0.25) is 4.79 Å². The molecular formula is C18H25N3O. The predicted octanol–water partition coefficient (Wildman–Crippen LogP) is 3.20. The first kappa shape index (κ1) is 15.2. The minimum atomic E-state index is 0.00753. The van der Waals surface area contributed by atoms with Crippen molar-refractivity contribution in [3.8, 4) is 0 Å². The summed E-state index contributed by atoms with van der Waals surface area (Å²) in [4.78, 5) is 14.7. The first-order valence-electron chi connectivity index (χ1n) is 8.38. The van der Waals surface area contributed by atoms with Crippen LogP contribution in [0.25, 0.3) is 5.52 Å². The number of hydrogen-bond donors (Lipinski definition) is 0. The highest BCUT2D eigenvalue weighted by Gasteiger charge is 2.16. The third-order valence-corrected chi connectivity index (χ3v) is 4.51. The summed E-state index contributed by atoms with van der Waals surface area (Å²) in [5, 5.41) is 4.35. The standard InChI is InChI=1S/C18H25N3O/c1-14(2)18(22)16-12-19-21-13-15(7-8-17(16)21)6-5-11-20-9-3-4-10-20/h7-8,12-14H,3-6,9-11H2,1-2H3. The molecule has 0 aromatic carbocycles. The number of ketones is 1. The molecular weight excluding hydrogens is 274 g/mol. The lowest BCUT2D eigenvalue weighted by Gasteiger charge is -2.13. The zero-order valence-electron chi connectivity index (χ0n) is 13.6. The number of aromatic nitrogens is 2. The minimum Gasteiger partial charge on any atom is -0.303 e. The fraction of sp³-hybridized carbons (Fsp3) is 0.556. The van der Waals surface area contributed by atoms with Crippen LogP contribution in [0.1, 0.15) is 49.0 Å². The normalized spacial score (nSPS) is 16.0. The summed E-state index contributed by atoms with van der Waals surface area (Å²) in [5.74, 6) is 0.171. The van der Waals surface area contributed by atoms with Crippen LogP contribution in [0.2, 0.25) is 0 Å². The molecule has 0 atom stereocenters. The average molecular weight is 299 g/mol. The molecule has 0 radical (unpaired) electrons. The Morgan fingerprint density at radius 1 is 1.27 bits per heavy atom. The van der Waals surface area contributed by atoms with Crippen molar-refractivity contribution in [1.29, 1.82) is 0 Å². The highest BCUT2D eigenvalue weighted by atomic mass is 16.1. The van der Waals surface area contributed by atoms with Gasteiger partial charge in [0, 0.05) is 12.1 Å². The number of likely N-dealkylation sites (tertiary alicyclic amines) is 1. The number of carbonyl (C=O) groups is 1. The number of nitrogens with zero attached hydrogens (tertiary/aromatic N) is 3. The van der Waals surface area contributed by atoms with E-state index in [1.54, 1.807) is 6.20 Å². The monoisotopic (exact) mass is 299 g/mol. The van der Waals surface area contributed by atoms with Crippen LogP contribution < -0.4 is 0 Å². The lowest BCUT2D eigenvalue weighted by Crippen LogP contribution is -2.20. The van der Waals surface area contributed by atoms with Crippen molar-refractivity contribution in [3.63, 3.8) is 0 Å². The van der Waals surface area contributed by atoms with Gasteiger partial charge in [0.2, 0.25) is 0 Å². The minimum absolute atomic E-state index is 0.00753. The third-order valence-electron chi connectivity index (χ3n) is 4.51. The lowest BCUT2D eigenvalue weighted by atomic mass is 10.0. The molecule has 118 valence electrons. The molecule has 0 spiro atoms. The molecule has 2 aromatic heterocycles. The third kappa shape index (κ3) is 3.22. The van der Waals surface area contributed by atoms with Crippen LogP contribution in [0.4, 0.5) is 0 Å². The Morgan fingerprint density at radius 3 is 2.77 bits per heavy atom. The first-order valence-corrected chi connectivity index (χ1v) is 8.38. The number of carbonyl (C=O) groups excluding carboxylic acids is 1. The van der Waals surface area contributed by atoms with E-state index in [9.17, 15) is 4.79 Å². The summed E-state index contributed by atoms with van der Waals surface area (Å²) in [6.07, 6.45) is 8.73. The highest BCUT2D eigenvalue weighted by Crippen LogP contribution is 2.17. The SMILES string of the molecule is CC(C)C(=O)c1cnn2cc(CCCN3CCCC3)ccc12. The van der Waals surface area contributed by atoms with Gasteiger partial charge in [-0.2, -0.15) is 5.10 Å². The molecule has 1 aliphatic heterocycles. The van der Waals surface area contributed by atoms with Crippen molar-refractivity contribution in [2.24, 2.45) is 5.92 Å². The van der Waals surface area contributed by atoms with Crippen molar-refractivity contribution >= 4 is 11.3 Å². The summed E-state index contributed by atoms with van der Waals surface area (Å²) >= 11 is 0. The van der Waals surface area contributed by atoms with Crippen LogP contribution in [-0.2, 0) is 6.42 Å². The Balaban J connectivity index is 1.67. The summed E-state index contributed by atoms with van der Waals surface area (Å²) < 4.78 is 1.85. The van der Waals surface area contributed by atoms with Gasteiger partial charge in [-0.25, -0.2) is 4.52 Å². The fourth-order valence-corrected chi connectivity index (χ4v) is 3.19. The molecule has 3 heterocycles. The Morgan fingerprint density at radius 2 is 2.05 bits per heavy atom. The van der Waals surface area contributed by atoms with Gasteiger partial charge >= 0.3 is 0 Å². The van der Waals surface area contributed by atoms with E-state index in [-0.39, 0.29) is 11.7 Å². The zero-order chi connectivity index (χ0) is 15.5. The summed E-state index contributed by atoms with van der Waals surface area (Å²) in [5.41, 5.74) is 2.94. The van der Waals surface area contributed by atoms with Crippen LogP contribution in [0, 0.1) is 5.92 Å². The first-order chi connectivity index (χ1) is 10.6. The molecule has 0 N–H and O–H groups in total. The molecule has 2 aromatic rings. The number of fused-ring (bicyclic) bond motifs is 1. The fourth-order valence-electron chi connectivity index (χ4n) is 3.19. The molecule has 0 amide bonds. The summed E-state index contributed by atoms with van der Waals surface area (Å²) in [6, 6.07) is 4.17. The van der Waals surface area contributed by atoms with Gasteiger partial charge in [0.1, 0.15) is 0 Å². The van der Waals surface area contributed by atoms with E-state index in [0.717, 1.165) is 17.5 Å². The van der Waals surface area contributed by atoms with E-state index in [4.69, 9.17) is 0 Å².